The first-order valence-corrected chi connectivity index (χ1v) is 8.25. The lowest BCUT2D eigenvalue weighted by Gasteiger charge is -2.06. The number of aromatic amines is 1. The van der Waals surface area contributed by atoms with E-state index in [1.807, 2.05) is 0 Å². The lowest BCUT2D eigenvalue weighted by molar-refractivity contribution is 0.595. The van der Waals surface area contributed by atoms with Gasteiger partial charge in [0, 0.05) is 16.9 Å². The van der Waals surface area contributed by atoms with Crippen molar-refractivity contribution in [2.75, 3.05) is 0 Å². The Hall–Kier alpha value is -2.18. The van der Waals surface area contributed by atoms with Crippen LogP contribution in [0.4, 0.5) is 0 Å². The summed E-state index contributed by atoms with van der Waals surface area (Å²) in [5.74, 6) is 0. The highest BCUT2D eigenvalue weighted by atomic mass is 35.5. The molecule has 0 atom stereocenters. The lowest BCUT2D eigenvalue weighted by Crippen LogP contribution is -2.16. The number of aromatic nitrogens is 2. The zero-order valence-electron chi connectivity index (χ0n) is 11.5. The third-order valence-corrected chi connectivity index (χ3v) is 5.28. The average Bonchev–Trinajstić information content (AvgIpc) is 2.47. The van der Waals surface area contributed by atoms with E-state index >= 15 is 0 Å². The molecule has 0 fully saturated rings. The van der Waals surface area contributed by atoms with E-state index in [1.165, 1.54) is 30.5 Å². The first-order valence-electron chi connectivity index (χ1n) is 6.39. The Balaban J connectivity index is 2.26. The number of hydrogen-bond acceptors (Lipinski definition) is 4. The van der Waals surface area contributed by atoms with E-state index in [0.29, 0.717) is 10.7 Å². The van der Waals surface area contributed by atoms with Gasteiger partial charge in [-0.05, 0) is 43.3 Å². The molecule has 0 radical (unpaired) electrons. The van der Waals surface area contributed by atoms with E-state index in [-0.39, 0.29) is 15.2 Å². The topological polar surface area (TPSA) is 79.9 Å². The van der Waals surface area contributed by atoms with Crippen molar-refractivity contribution >= 4 is 32.5 Å². The van der Waals surface area contributed by atoms with Gasteiger partial charge in [-0.1, -0.05) is 11.6 Å². The highest BCUT2D eigenvalue weighted by Gasteiger charge is 2.22. The minimum atomic E-state index is -3.92. The summed E-state index contributed by atoms with van der Waals surface area (Å²) in [5.41, 5.74) is 0.521. The summed E-state index contributed by atoms with van der Waals surface area (Å²) in [5, 5.41) is 0.659. The molecule has 7 heteroatoms. The molecule has 1 N–H and O–H groups in total. The summed E-state index contributed by atoms with van der Waals surface area (Å²) < 4.78 is 25.2. The van der Waals surface area contributed by atoms with E-state index in [9.17, 15) is 13.2 Å². The molecular formula is C15H11ClN2O3S. The quantitative estimate of drug-likeness (QED) is 0.781. The molecule has 0 bridgehead atoms. The Morgan fingerprint density at radius 3 is 2.45 bits per heavy atom. The third kappa shape index (κ3) is 2.40. The van der Waals surface area contributed by atoms with Crippen LogP contribution in [0.15, 0.2) is 57.2 Å². The molecule has 3 aromatic rings. The standard InChI is InChI=1S/C15H11ClN2O3S/c1-9-2-7-12-14(19)13(8-17-15(12)18-9)22(20,21)11-5-3-10(16)4-6-11/h2-8H,1H3,(H,17,18,19). The van der Waals surface area contributed by atoms with Gasteiger partial charge in [0.1, 0.15) is 10.5 Å². The predicted octanol–water partition coefficient (Wildman–Crippen LogP) is 2.72. The molecule has 3 rings (SSSR count). The van der Waals surface area contributed by atoms with Gasteiger partial charge < -0.3 is 4.98 Å². The van der Waals surface area contributed by atoms with Crippen LogP contribution in [-0.4, -0.2) is 18.4 Å². The molecule has 0 amide bonds. The van der Waals surface area contributed by atoms with Gasteiger partial charge in [0.15, 0.2) is 0 Å². The summed E-state index contributed by atoms with van der Waals surface area (Å²) >= 11 is 5.76. The van der Waals surface area contributed by atoms with Crippen molar-refractivity contribution in [1.82, 2.24) is 9.97 Å². The normalized spacial score (nSPS) is 11.7. The molecule has 0 unspecified atom stereocenters. The van der Waals surface area contributed by atoms with Crippen LogP contribution in [0.2, 0.25) is 5.02 Å². The van der Waals surface area contributed by atoms with Crippen LogP contribution in [0.1, 0.15) is 5.69 Å². The second-order valence-corrected chi connectivity index (χ2v) is 7.14. The molecule has 0 saturated carbocycles. The minimum absolute atomic E-state index is 0.0156. The van der Waals surface area contributed by atoms with Gasteiger partial charge >= 0.3 is 0 Å². The van der Waals surface area contributed by atoms with E-state index in [4.69, 9.17) is 11.6 Å². The number of pyridine rings is 2. The summed E-state index contributed by atoms with van der Waals surface area (Å²) in [4.78, 5) is 19.1. The summed E-state index contributed by atoms with van der Waals surface area (Å²) in [6.07, 6.45) is 1.18. The predicted molar refractivity (Wildman–Crippen MR) is 84.0 cm³/mol. The highest BCUT2D eigenvalue weighted by Crippen LogP contribution is 2.21. The number of benzene rings is 1. The van der Waals surface area contributed by atoms with Crippen molar-refractivity contribution in [3.05, 3.63) is 63.5 Å². The van der Waals surface area contributed by atoms with Gasteiger partial charge in [-0.15, -0.1) is 0 Å². The Bertz CT molecular complexity index is 1020. The molecule has 0 spiro atoms. The second-order valence-electron chi connectivity index (χ2n) is 4.79. The van der Waals surface area contributed by atoms with Crippen molar-refractivity contribution in [3.63, 3.8) is 0 Å². The maximum Gasteiger partial charge on any atom is 0.211 e. The van der Waals surface area contributed by atoms with Crippen molar-refractivity contribution in [2.45, 2.75) is 16.7 Å². The zero-order valence-corrected chi connectivity index (χ0v) is 13.1. The van der Waals surface area contributed by atoms with Crippen LogP contribution in [0.5, 0.6) is 0 Å². The van der Waals surface area contributed by atoms with Crippen LogP contribution in [0.25, 0.3) is 11.0 Å². The number of nitrogens with one attached hydrogen (secondary N) is 1. The Morgan fingerprint density at radius 2 is 1.77 bits per heavy atom. The Kier molecular flexibility index (Phi) is 3.50. The van der Waals surface area contributed by atoms with E-state index in [1.54, 1.807) is 19.1 Å². The van der Waals surface area contributed by atoms with E-state index in [2.05, 4.69) is 9.97 Å². The second kappa shape index (κ2) is 5.23. The number of halogens is 1. The lowest BCUT2D eigenvalue weighted by atomic mass is 10.2. The number of hydrogen-bond donors (Lipinski definition) is 1. The molecule has 2 aromatic heterocycles. The molecule has 0 aliphatic heterocycles. The number of fused-ring (bicyclic) bond motifs is 1. The molecule has 0 aliphatic carbocycles. The summed E-state index contributed by atoms with van der Waals surface area (Å²) in [7, 11) is -3.92. The molecule has 0 aliphatic rings. The number of aryl methyl sites for hydroxylation is 1. The number of nitrogens with zero attached hydrogens (tertiary/aromatic N) is 1. The maximum absolute atomic E-state index is 12.6. The molecular weight excluding hydrogens is 324 g/mol. The smallest absolute Gasteiger partial charge is 0.211 e. The third-order valence-electron chi connectivity index (χ3n) is 3.26. The molecule has 0 saturated heterocycles. The molecule has 22 heavy (non-hydrogen) atoms. The van der Waals surface area contributed by atoms with Crippen molar-refractivity contribution < 1.29 is 8.42 Å². The SMILES string of the molecule is Cc1ccc2c(=O)c(S(=O)(=O)c3ccc(Cl)cc3)c[nH]c2n1. The maximum atomic E-state index is 12.6. The van der Waals surface area contributed by atoms with E-state index in [0.717, 1.165) is 5.69 Å². The van der Waals surface area contributed by atoms with Crippen molar-refractivity contribution in [2.24, 2.45) is 0 Å². The molecule has 2 heterocycles. The van der Waals surface area contributed by atoms with Gasteiger partial charge in [-0.3, -0.25) is 4.79 Å². The fraction of sp³-hybridized carbons (Fsp3) is 0.0667. The zero-order chi connectivity index (χ0) is 15.9. The molecule has 112 valence electrons. The van der Waals surface area contributed by atoms with Crippen LogP contribution in [0.3, 0.4) is 0 Å². The first-order chi connectivity index (χ1) is 10.4. The van der Waals surface area contributed by atoms with Gasteiger partial charge in [0.2, 0.25) is 15.3 Å². The first kappa shape index (κ1) is 14.7. The summed E-state index contributed by atoms with van der Waals surface area (Å²) in [6, 6.07) is 8.90. The number of sulfone groups is 1. The number of rotatable bonds is 2. The van der Waals surface area contributed by atoms with Gasteiger partial charge in [-0.2, -0.15) is 0 Å². The molecule has 1 aromatic carbocycles. The average molecular weight is 335 g/mol. The molecule has 5 nitrogen and oxygen atoms in total. The van der Waals surface area contributed by atoms with Crippen molar-refractivity contribution in [3.8, 4) is 0 Å². The van der Waals surface area contributed by atoms with Crippen LogP contribution in [0, 0.1) is 6.92 Å². The van der Waals surface area contributed by atoms with Crippen LogP contribution >= 0.6 is 11.6 Å². The fourth-order valence-electron chi connectivity index (χ4n) is 2.12. The van der Waals surface area contributed by atoms with Gasteiger partial charge in [-0.25, -0.2) is 13.4 Å². The van der Waals surface area contributed by atoms with Gasteiger partial charge in [0.25, 0.3) is 0 Å². The van der Waals surface area contributed by atoms with Crippen LogP contribution < -0.4 is 5.43 Å². The van der Waals surface area contributed by atoms with E-state index < -0.39 is 15.3 Å². The number of H-pyrrole nitrogens is 1. The summed E-state index contributed by atoms with van der Waals surface area (Å²) in [6.45, 7) is 1.79. The monoisotopic (exact) mass is 334 g/mol. The largest absolute Gasteiger partial charge is 0.345 e. The minimum Gasteiger partial charge on any atom is -0.345 e. The fourth-order valence-corrected chi connectivity index (χ4v) is 3.56. The Labute approximate surface area is 131 Å². The Morgan fingerprint density at radius 1 is 1.09 bits per heavy atom. The van der Waals surface area contributed by atoms with Crippen LogP contribution in [-0.2, 0) is 9.84 Å². The van der Waals surface area contributed by atoms with Gasteiger partial charge in [0.05, 0.1) is 10.3 Å². The highest BCUT2D eigenvalue weighted by molar-refractivity contribution is 7.91. The van der Waals surface area contributed by atoms with Crippen molar-refractivity contribution in [1.29, 1.82) is 0 Å².